The van der Waals surface area contributed by atoms with Crippen LogP contribution in [0.4, 0.5) is 0 Å². The van der Waals surface area contributed by atoms with Gasteiger partial charge in [-0.2, -0.15) is 0 Å². The number of hydrogen-bond donors (Lipinski definition) is 0. The van der Waals surface area contributed by atoms with Crippen LogP contribution in [-0.4, -0.2) is 12.2 Å². The van der Waals surface area contributed by atoms with Gasteiger partial charge in [0.15, 0.2) is 0 Å². The molecule has 1 heterocycles. The molecule has 1 aliphatic heterocycles. The summed E-state index contributed by atoms with van der Waals surface area (Å²) in [5.41, 5.74) is 1.83. The van der Waals surface area contributed by atoms with Gasteiger partial charge in [-0.3, -0.25) is 0 Å². The maximum Gasteiger partial charge on any atom is 0.0656 e. The Labute approximate surface area is 123 Å². The van der Waals surface area contributed by atoms with Gasteiger partial charge in [-0.05, 0) is 36.2 Å². The van der Waals surface area contributed by atoms with Crippen LogP contribution in [0.2, 0.25) is 0 Å². The molecule has 1 aromatic carbocycles. The van der Waals surface area contributed by atoms with Crippen LogP contribution in [0.5, 0.6) is 0 Å². The van der Waals surface area contributed by atoms with E-state index < -0.39 is 0 Å². The van der Waals surface area contributed by atoms with E-state index in [1.165, 1.54) is 37.7 Å². The Kier molecular flexibility index (Phi) is 3.90. The van der Waals surface area contributed by atoms with Crippen molar-refractivity contribution in [1.29, 1.82) is 0 Å². The van der Waals surface area contributed by atoms with Gasteiger partial charge >= 0.3 is 0 Å². The first kappa shape index (κ1) is 14.1. The molecule has 1 saturated heterocycles. The van der Waals surface area contributed by atoms with E-state index in [2.05, 4.69) is 51.1 Å². The third kappa shape index (κ3) is 2.93. The molecule has 4 atom stereocenters. The largest absolute Gasteiger partial charge is 0.374 e. The molecule has 2 fully saturated rings. The Hall–Kier alpha value is -0.820. The average molecular weight is 272 g/mol. The molecular formula is C19H28O. The molecule has 0 aromatic heterocycles. The maximum absolute atomic E-state index is 6.51. The molecule has 0 bridgehead atoms. The third-order valence-electron chi connectivity index (χ3n) is 4.96. The highest BCUT2D eigenvalue weighted by Crippen LogP contribution is 2.49. The Balaban J connectivity index is 1.88. The van der Waals surface area contributed by atoms with Crippen LogP contribution in [0.1, 0.15) is 64.4 Å². The number of fused-ring (bicyclic) bond motifs is 1. The molecule has 110 valence electrons. The Morgan fingerprint density at radius 2 is 1.75 bits per heavy atom. The summed E-state index contributed by atoms with van der Waals surface area (Å²) in [5.74, 6) is 1.36. The van der Waals surface area contributed by atoms with E-state index in [1.54, 1.807) is 0 Å². The minimum Gasteiger partial charge on any atom is -0.374 e. The SMILES string of the molecule is CC(C)(C)CC1OC2CCCCC2C1c1ccccc1. The molecular weight excluding hydrogens is 244 g/mol. The lowest BCUT2D eigenvalue weighted by atomic mass is 9.73. The highest BCUT2D eigenvalue weighted by molar-refractivity contribution is 5.24. The van der Waals surface area contributed by atoms with Crippen molar-refractivity contribution in [2.75, 3.05) is 0 Å². The predicted molar refractivity (Wildman–Crippen MR) is 83.9 cm³/mol. The van der Waals surface area contributed by atoms with Gasteiger partial charge in [0.05, 0.1) is 12.2 Å². The first-order chi connectivity index (χ1) is 9.54. The second kappa shape index (κ2) is 5.52. The summed E-state index contributed by atoms with van der Waals surface area (Å²) in [6.45, 7) is 7.00. The first-order valence-corrected chi connectivity index (χ1v) is 8.25. The van der Waals surface area contributed by atoms with Crippen molar-refractivity contribution >= 4 is 0 Å². The van der Waals surface area contributed by atoms with Crippen LogP contribution < -0.4 is 0 Å². The van der Waals surface area contributed by atoms with Gasteiger partial charge in [-0.1, -0.05) is 63.9 Å². The number of hydrogen-bond acceptors (Lipinski definition) is 1. The van der Waals surface area contributed by atoms with E-state index >= 15 is 0 Å². The van der Waals surface area contributed by atoms with E-state index in [-0.39, 0.29) is 0 Å². The van der Waals surface area contributed by atoms with Crippen LogP contribution in [-0.2, 0) is 4.74 Å². The highest BCUT2D eigenvalue weighted by atomic mass is 16.5. The zero-order valence-corrected chi connectivity index (χ0v) is 13.1. The normalized spacial score (nSPS) is 34.0. The highest BCUT2D eigenvalue weighted by Gasteiger charge is 2.46. The summed E-state index contributed by atoms with van der Waals surface area (Å²) in [4.78, 5) is 0. The molecule has 0 N–H and O–H groups in total. The minimum absolute atomic E-state index is 0.338. The molecule has 1 aliphatic carbocycles. The summed E-state index contributed by atoms with van der Waals surface area (Å²) < 4.78 is 6.51. The average Bonchev–Trinajstić information content (AvgIpc) is 2.75. The van der Waals surface area contributed by atoms with E-state index in [1.807, 2.05) is 0 Å². The Bertz CT molecular complexity index is 431. The quantitative estimate of drug-likeness (QED) is 0.722. The summed E-state index contributed by atoms with van der Waals surface area (Å²) in [5, 5.41) is 0. The molecule has 20 heavy (non-hydrogen) atoms. The second-order valence-corrected chi connectivity index (χ2v) is 7.86. The molecule has 0 spiro atoms. The van der Waals surface area contributed by atoms with Crippen molar-refractivity contribution < 1.29 is 4.74 Å². The zero-order chi connectivity index (χ0) is 14.2. The monoisotopic (exact) mass is 272 g/mol. The number of benzene rings is 1. The van der Waals surface area contributed by atoms with Gasteiger partial charge in [0.1, 0.15) is 0 Å². The fourth-order valence-electron chi connectivity index (χ4n) is 4.21. The lowest BCUT2D eigenvalue weighted by molar-refractivity contribution is 0.000851. The standard InChI is InChI=1S/C19H28O/c1-19(2,3)13-17-18(14-9-5-4-6-10-14)15-11-7-8-12-16(15)20-17/h4-6,9-10,15-18H,7-8,11-13H2,1-3H3. The van der Waals surface area contributed by atoms with Crippen molar-refractivity contribution in [3.8, 4) is 0 Å². The van der Waals surface area contributed by atoms with E-state index in [0.29, 0.717) is 23.5 Å². The first-order valence-electron chi connectivity index (χ1n) is 8.25. The summed E-state index contributed by atoms with van der Waals surface area (Å²) in [6, 6.07) is 11.1. The molecule has 0 radical (unpaired) electrons. The van der Waals surface area contributed by atoms with Crippen molar-refractivity contribution in [3.05, 3.63) is 35.9 Å². The maximum atomic E-state index is 6.51. The molecule has 3 rings (SSSR count). The third-order valence-corrected chi connectivity index (χ3v) is 4.96. The molecule has 1 nitrogen and oxygen atoms in total. The molecule has 1 heteroatoms. The zero-order valence-electron chi connectivity index (χ0n) is 13.1. The van der Waals surface area contributed by atoms with Crippen LogP contribution in [0, 0.1) is 11.3 Å². The summed E-state index contributed by atoms with van der Waals surface area (Å²) >= 11 is 0. The summed E-state index contributed by atoms with van der Waals surface area (Å²) in [7, 11) is 0. The van der Waals surface area contributed by atoms with E-state index in [0.717, 1.165) is 5.92 Å². The van der Waals surface area contributed by atoms with E-state index in [4.69, 9.17) is 4.74 Å². The van der Waals surface area contributed by atoms with Crippen molar-refractivity contribution in [2.45, 2.75) is 71.0 Å². The summed E-state index contributed by atoms with van der Waals surface area (Å²) in [6.07, 6.45) is 7.45. The van der Waals surface area contributed by atoms with Crippen LogP contribution in [0.15, 0.2) is 30.3 Å². The Morgan fingerprint density at radius 1 is 1.05 bits per heavy atom. The van der Waals surface area contributed by atoms with E-state index in [9.17, 15) is 0 Å². The fraction of sp³-hybridized carbons (Fsp3) is 0.684. The molecule has 1 saturated carbocycles. The number of rotatable bonds is 2. The van der Waals surface area contributed by atoms with Crippen LogP contribution in [0.25, 0.3) is 0 Å². The van der Waals surface area contributed by atoms with Crippen LogP contribution >= 0.6 is 0 Å². The predicted octanol–water partition coefficient (Wildman–Crippen LogP) is 5.16. The van der Waals surface area contributed by atoms with Gasteiger partial charge in [-0.15, -0.1) is 0 Å². The minimum atomic E-state index is 0.338. The second-order valence-electron chi connectivity index (χ2n) is 7.86. The molecule has 1 aromatic rings. The van der Waals surface area contributed by atoms with Gasteiger partial charge < -0.3 is 4.74 Å². The fourth-order valence-corrected chi connectivity index (χ4v) is 4.21. The smallest absolute Gasteiger partial charge is 0.0656 e. The van der Waals surface area contributed by atoms with Gasteiger partial charge in [0, 0.05) is 5.92 Å². The lowest BCUT2D eigenvalue weighted by Gasteiger charge is -2.29. The van der Waals surface area contributed by atoms with Crippen molar-refractivity contribution in [3.63, 3.8) is 0 Å². The lowest BCUT2D eigenvalue weighted by Crippen LogP contribution is -2.25. The number of ether oxygens (including phenoxy) is 1. The van der Waals surface area contributed by atoms with Gasteiger partial charge in [-0.25, -0.2) is 0 Å². The molecule has 4 unspecified atom stereocenters. The Morgan fingerprint density at radius 3 is 2.45 bits per heavy atom. The van der Waals surface area contributed by atoms with Gasteiger partial charge in [0.2, 0.25) is 0 Å². The molecule has 0 amide bonds. The topological polar surface area (TPSA) is 9.23 Å². The van der Waals surface area contributed by atoms with Crippen LogP contribution in [0.3, 0.4) is 0 Å². The molecule has 2 aliphatic rings. The van der Waals surface area contributed by atoms with Crippen molar-refractivity contribution in [1.82, 2.24) is 0 Å². The van der Waals surface area contributed by atoms with Gasteiger partial charge in [0.25, 0.3) is 0 Å². The van der Waals surface area contributed by atoms with Crippen molar-refractivity contribution in [2.24, 2.45) is 11.3 Å².